The number of carbonyl (C=O) groups excluding carboxylic acids is 2. The van der Waals surface area contributed by atoms with Gasteiger partial charge in [-0.05, 0) is 36.7 Å². The van der Waals surface area contributed by atoms with Crippen LogP contribution in [0.1, 0.15) is 51.0 Å². The first-order valence-corrected chi connectivity index (χ1v) is 9.27. The van der Waals surface area contributed by atoms with Crippen LogP contribution in [0.2, 0.25) is 0 Å². The Morgan fingerprint density at radius 1 is 1.16 bits per heavy atom. The zero-order valence-corrected chi connectivity index (χ0v) is 14.9. The molecule has 2 N–H and O–H groups in total. The molecule has 0 atom stereocenters. The largest absolute Gasteiger partial charge is 0.393 e. The van der Waals surface area contributed by atoms with Crippen molar-refractivity contribution in [1.82, 2.24) is 10.2 Å². The van der Waals surface area contributed by atoms with Crippen LogP contribution < -0.4 is 5.32 Å². The van der Waals surface area contributed by atoms with E-state index in [0.717, 1.165) is 12.8 Å². The van der Waals surface area contributed by atoms with Crippen molar-refractivity contribution in [2.75, 3.05) is 13.1 Å². The Hall–Kier alpha value is -1.88. The van der Waals surface area contributed by atoms with Gasteiger partial charge in [0.15, 0.2) is 0 Å². The lowest BCUT2D eigenvalue weighted by Crippen LogP contribution is -2.51. The summed E-state index contributed by atoms with van der Waals surface area (Å²) in [6.45, 7) is 3.43. The Labute approximate surface area is 149 Å². The summed E-state index contributed by atoms with van der Waals surface area (Å²) in [5.74, 6) is -0.0183. The molecule has 1 heterocycles. The topological polar surface area (TPSA) is 69.6 Å². The molecular formula is C20H28N2O3. The number of aliphatic hydroxyl groups is 1. The third-order valence-corrected chi connectivity index (χ3v) is 5.61. The zero-order valence-electron chi connectivity index (χ0n) is 14.9. The van der Waals surface area contributed by atoms with E-state index in [1.165, 1.54) is 5.56 Å². The van der Waals surface area contributed by atoms with Crippen LogP contribution in [-0.4, -0.2) is 47.1 Å². The van der Waals surface area contributed by atoms with Crippen LogP contribution in [0.3, 0.4) is 0 Å². The van der Waals surface area contributed by atoms with E-state index in [0.29, 0.717) is 25.9 Å². The first-order valence-electron chi connectivity index (χ1n) is 9.27. The SMILES string of the molecule is CC1(c2ccccc2)CC(NC(=O)CCC(=O)N2CCC(O)CC2)C1. The van der Waals surface area contributed by atoms with Gasteiger partial charge in [-0.25, -0.2) is 0 Å². The molecule has 0 spiro atoms. The molecule has 1 aliphatic carbocycles. The van der Waals surface area contributed by atoms with Gasteiger partial charge in [-0.3, -0.25) is 9.59 Å². The van der Waals surface area contributed by atoms with E-state index < -0.39 is 0 Å². The minimum absolute atomic E-state index is 0.0183. The number of carbonyl (C=O) groups is 2. The highest BCUT2D eigenvalue weighted by Crippen LogP contribution is 2.43. The summed E-state index contributed by atoms with van der Waals surface area (Å²) in [6, 6.07) is 10.6. The maximum Gasteiger partial charge on any atom is 0.223 e. The summed E-state index contributed by atoms with van der Waals surface area (Å²) < 4.78 is 0. The molecule has 136 valence electrons. The second-order valence-corrected chi connectivity index (χ2v) is 7.71. The molecular weight excluding hydrogens is 316 g/mol. The van der Waals surface area contributed by atoms with Crippen molar-refractivity contribution < 1.29 is 14.7 Å². The van der Waals surface area contributed by atoms with Gasteiger partial charge in [0, 0.05) is 32.0 Å². The minimum Gasteiger partial charge on any atom is -0.393 e. The molecule has 2 aliphatic rings. The Kier molecular flexibility index (Phi) is 5.42. The van der Waals surface area contributed by atoms with Crippen LogP contribution in [-0.2, 0) is 15.0 Å². The van der Waals surface area contributed by atoms with Crippen molar-refractivity contribution >= 4 is 11.8 Å². The van der Waals surface area contributed by atoms with Crippen LogP contribution in [0.4, 0.5) is 0 Å². The lowest BCUT2D eigenvalue weighted by atomic mass is 9.63. The van der Waals surface area contributed by atoms with Crippen molar-refractivity contribution in [2.24, 2.45) is 0 Å². The van der Waals surface area contributed by atoms with Gasteiger partial charge < -0.3 is 15.3 Å². The van der Waals surface area contributed by atoms with Gasteiger partial charge in [0.05, 0.1) is 6.10 Å². The highest BCUT2D eigenvalue weighted by Gasteiger charge is 2.41. The molecule has 0 aromatic heterocycles. The Bertz CT molecular complexity index is 603. The number of piperidine rings is 1. The third kappa shape index (κ3) is 4.40. The van der Waals surface area contributed by atoms with Crippen LogP contribution in [0, 0.1) is 0 Å². The Morgan fingerprint density at radius 3 is 2.44 bits per heavy atom. The fourth-order valence-corrected chi connectivity index (χ4v) is 4.00. The average Bonchev–Trinajstić information content (AvgIpc) is 2.59. The van der Waals surface area contributed by atoms with Crippen LogP contribution in [0.5, 0.6) is 0 Å². The number of rotatable bonds is 5. The highest BCUT2D eigenvalue weighted by molar-refractivity contribution is 5.84. The van der Waals surface area contributed by atoms with E-state index in [1.807, 2.05) is 6.07 Å². The number of aliphatic hydroxyl groups excluding tert-OH is 1. The summed E-state index contributed by atoms with van der Waals surface area (Å²) in [4.78, 5) is 26.0. The normalized spacial score (nSPS) is 26.8. The van der Waals surface area contributed by atoms with Crippen molar-refractivity contribution in [2.45, 2.75) is 63.0 Å². The lowest BCUT2D eigenvalue weighted by Gasteiger charge is -2.46. The fraction of sp³-hybridized carbons (Fsp3) is 0.600. The molecule has 2 fully saturated rings. The minimum atomic E-state index is -0.287. The molecule has 1 aliphatic heterocycles. The molecule has 0 unspecified atom stereocenters. The average molecular weight is 344 g/mol. The predicted octanol–water partition coefficient (Wildman–Crippen LogP) is 1.99. The number of benzene rings is 1. The summed E-state index contributed by atoms with van der Waals surface area (Å²) >= 11 is 0. The van der Waals surface area contributed by atoms with Gasteiger partial charge in [-0.15, -0.1) is 0 Å². The first kappa shape index (κ1) is 17.9. The number of amides is 2. The van der Waals surface area contributed by atoms with Crippen LogP contribution in [0.15, 0.2) is 30.3 Å². The van der Waals surface area contributed by atoms with E-state index in [2.05, 4.69) is 36.5 Å². The molecule has 5 heteroatoms. The quantitative estimate of drug-likeness (QED) is 0.858. The van der Waals surface area contributed by atoms with Crippen molar-refractivity contribution in [3.63, 3.8) is 0 Å². The molecule has 0 bridgehead atoms. The van der Waals surface area contributed by atoms with E-state index in [-0.39, 0.29) is 42.2 Å². The Morgan fingerprint density at radius 2 is 1.80 bits per heavy atom. The number of hydrogen-bond donors (Lipinski definition) is 2. The third-order valence-electron chi connectivity index (χ3n) is 5.61. The maximum absolute atomic E-state index is 12.1. The summed E-state index contributed by atoms with van der Waals surface area (Å²) in [7, 11) is 0. The predicted molar refractivity (Wildman–Crippen MR) is 96.0 cm³/mol. The van der Waals surface area contributed by atoms with Gasteiger partial charge in [0.1, 0.15) is 0 Å². The van der Waals surface area contributed by atoms with Gasteiger partial charge in [0.25, 0.3) is 0 Å². The molecule has 25 heavy (non-hydrogen) atoms. The van der Waals surface area contributed by atoms with Gasteiger partial charge in [-0.1, -0.05) is 37.3 Å². The highest BCUT2D eigenvalue weighted by atomic mass is 16.3. The molecule has 5 nitrogen and oxygen atoms in total. The smallest absolute Gasteiger partial charge is 0.223 e. The van der Waals surface area contributed by atoms with Gasteiger partial charge in [0.2, 0.25) is 11.8 Å². The number of nitrogens with zero attached hydrogens (tertiary/aromatic N) is 1. The van der Waals surface area contributed by atoms with Crippen molar-refractivity contribution in [1.29, 1.82) is 0 Å². The zero-order chi connectivity index (χ0) is 17.9. The maximum atomic E-state index is 12.1. The molecule has 2 amide bonds. The molecule has 1 aromatic rings. The number of likely N-dealkylation sites (tertiary alicyclic amines) is 1. The lowest BCUT2D eigenvalue weighted by molar-refractivity contribution is -0.135. The van der Waals surface area contributed by atoms with Crippen molar-refractivity contribution in [3.8, 4) is 0 Å². The molecule has 1 saturated heterocycles. The summed E-state index contributed by atoms with van der Waals surface area (Å²) in [5, 5.41) is 12.5. The van der Waals surface area contributed by atoms with Gasteiger partial charge in [-0.2, -0.15) is 0 Å². The summed E-state index contributed by atoms with van der Waals surface area (Å²) in [5.41, 5.74) is 1.46. The standard InChI is InChI=1S/C20H28N2O3/c1-20(15-5-3-2-4-6-15)13-16(14-20)21-18(24)7-8-19(25)22-11-9-17(23)10-12-22/h2-6,16-17,23H,7-14H2,1H3,(H,21,24). The summed E-state index contributed by atoms with van der Waals surface area (Å²) in [6.07, 6.45) is 3.38. The van der Waals surface area contributed by atoms with E-state index in [1.54, 1.807) is 4.90 Å². The van der Waals surface area contributed by atoms with E-state index in [4.69, 9.17) is 0 Å². The monoisotopic (exact) mass is 344 g/mol. The molecule has 1 saturated carbocycles. The number of hydrogen-bond acceptors (Lipinski definition) is 3. The van der Waals surface area contributed by atoms with E-state index in [9.17, 15) is 14.7 Å². The van der Waals surface area contributed by atoms with E-state index >= 15 is 0 Å². The fourth-order valence-electron chi connectivity index (χ4n) is 4.00. The first-order chi connectivity index (χ1) is 12.0. The molecule has 0 radical (unpaired) electrons. The van der Waals surface area contributed by atoms with Crippen molar-refractivity contribution in [3.05, 3.63) is 35.9 Å². The molecule has 1 aromatic carbocycles. The van der Waals surface area contributed by atoms with Crippen LogP contribution >= 0.6 is 0 Å². The Balaban J connectivity index is 1.37. The number of nitrogens with one attached hydrogen (secondary N) is 1. The second-order valence-electron chi connectivity index (χ2n) is 7.71. The van der Waals surface area contributed by atoms with Gasteiger partial charge >= 0.3 is 0 Å². The van der Waals surface area contributed by atoms with Crippen LogP contribution in [0.25, 0.3) is 0 Å². The molecule has 3 rings (SSSR count). The second kappa shape index (κ2) is 7.56.